The number of carbonyl (C=O) groups excluding carboxylic acids is 1. The van der Waals surface area contributed by atoms with Crippen molar-refractivity contribution in [2.75, 3.05) is 7.05 Å². The smallest absolute Gasteiger partial charge is 0.290 e. The van der Waals surface area contributed by atoms with E-state index in [2.05, 4.69) is 10.2 Å². The molecule has 2 aromatic carbocycles. The lowest BCUT2D eigenvalue weighted by atomic mass is 10.0. The maximum absolute atomic E-state index is 14.1. The maximum Gasteiger partial charge on any atom is 0.290 e. The van der Waals surface area contributed by atoms with Crippen LogP contribution in [-0.2, 0) is 29.0 Å². The number of aromatic nitrogens is 3. The number of amides is 1. The van der Waals surface area contributed by atoms with E-state index in [1.807, 2.05) is 34.9 Å². The second-order valence-electron chi connectivity index (χ2n) is 6.68. The van der Waals surface area contributed by atoms with Crippen LogP contribution in [0, 0.1) is 5.82 Å². The first kappa shape index (κ1) is 20.2. The predicted octanol–water partition coefficient (Wildman–Crippen LogP) is 2.46. The van der Waals surface area contributed by atoms with Crippen LogP contribution in [0.1, 0.15) is 28.8 Å². The summed E-state index contributed by atoms with van der Waals surface area (Å²) in [5.41, 5.74) is 1.62. The molecule has 1 aromatic heterocycles. The first-order valence-electron chi connectivity index (χ1n) is 9.08. The molecular formula is C21H21FN4O3. The summed E-state index contributed by atoms with van der Waals surface area (Å²) in [6.07, 6.45) is 0.862. The highest BCUT2D eigenvalue weighted by Crippen LogP contribution is 2.27. The molecule has 0 radical (unpaired) electrons. The van der Waals surface area contributed by atoms with Gasteiger partial charge < -0.3 is 14.6 Å². The van der Waals surface area contributed by atoms with Gasteiger partial charge in [0.1, 0.15) is 17.7 Å². The van der Waals surface area contributed by atoms with E-state index in [4.69, 9.17) is 9.90 Å². The summed E-state index contributed by atoms with van der Waals surface area (Å²) in [5, 5.41) is 15.4. The third kappa shape index (κ3) is 4.48. The minimum atomic E-state index is -0.414. The minimum absolute atomic E-state index is 0.0240. The molecule has 1 atom stereocenters. The second-order valence-corrected chi connectivity index (χ2v) is 6.68. The van der Waals surface area contributed by atoms with Gasteiger partial charge in [0.25, 0.3) is 6.47 Å². The molecule has 8 heteroatoms. The Morgan fingerprint density at radius 2 is 1.79 bits per heavy atom. The third-order valence-electron chi connectivity index (χ3n) is 4.77. The first-order valence-corrected chi connectivity index (χ1v) is 9.08. The minimum Gasteiger partial charge on any atom is -0.483 e. The molecule has 0 saturated heterocycles. The number of carbonyl (C=O) groups is 2. The van der Waals surface area contributed by atoms with Gasteiger partial charge in [-0.2, -0.15) is 0 Å². The fourth-order valence-electron chi connectivity index (χ4n) is 3.43. The van der Waals surface area contributed by atoms with Crippen LogP contribution in [0.3, 0.4) is 0 Å². The molecule has 0 unspecified atom stereocenters. The number of hydrogen-bond donors (Lipinski definition) is 1. The Labute approximate surface area is 167 Å². The van der Waals surface area contributed by atoms with Crippen molar-refractivity contribution < 1.29 is 19.1 Å². The number of nitrogens with zero attached hydrogens (tertiary/aromatic N) is 4. The molecule has 150 valence electrons. The van der Waals surface area contributed by atoms with Gasteiger partial charge in [-0.25, -0.2) is 4.39 Å². The standard InChI is InChI=1S/C20H19FN4O.CH2O2/c1-24-13-19-23-22-18(12-15-9-5-6-10-16(15)21)25(19)17(20(24)26)11-14-7-3-2-4-8-14;2-1-3/h2-10,17H,11-13H2,1H3;1H,(H,2,3)/t17-;/m0./s1. The van der Waals surface area contributed by atoms with E-state index in [1.54, 1.807) is 30.1 Å². The SMILES string of the molecule is CN1Cc2nnc(Cc3ccccc3F)n2[C@@H](Cc2ccccc2)C1=O.O=CO. The molecule has 7 nitrogen and oxygen atoms in total. The summed E-state index contributed by atoms with van der Waals surface area (Å²) in [6.45, 7) is 0.161. The number of benzene rings is 2. The zero-order valence-corrected chi connectivity index (χ0v) is 15.9. The van der Waals surface area contributed by atoms with Crippen molar-refractivity contribution in [2.24, 2.45) is 0 Å². The molecule has 0 bridgehead atoms. The molecule has 0 fully saturated rings. The van der Waals surface area contributed by atoms with Crippen LogP contribution in [0.4, 0.5) is 4.39 Å². The maximum atomic E-state index is 14.1. The summed E-state index contributed by atoms with van der Waals surface area (Å²) in [4.78, 5) is 22.9. The largest absolute Gasteiger partial charge is 0.483 e. The monoisotopic (exact) mass is 396 g/mol. The van der Waals surface area contributed by atoms with Gasteiger partial charge in [-0.1, -0.05) is 48.5 Å². The van der Waals surface area contributed by atoms with Gasteiger partial charge in [-0.3, -0.25) is 9.59 Å². The van der Waals surface area contributed by atoms with Crippen LogP contribution in [0.15, 0.2) is 54.6 Å². The molecule has 2 heterocycles. The van der Waals surface area contributed by atoms with Crippen LogP contribution in [0.5, 0.6) is 0 Å². The average molecular weight is 396 g/mol. The molecule has 1 aliphatic rings. The molecule has 1 N–H and O–H groups in total. The Morgan fingerprint density at radius 3 is 2.48 bits per heavy atom. The third-order valence-corrected chi connectivity index (χ3v) is 4.77. The fourth-order valence-corrected chi connectivity index (χ4v) is 3.43. The fraction of sp³-hybridized carbons (Fsp3) is 0.238. The zero-order valence-electron chi connectivity index (χ0n) is 15.9. The summed E-state index contributed by atoms with van der Waals surface area (Å²) >= 11 is 0. The number of likely N-dealkylation sites (N-methyl/N-ethyl adjacent to an activating group) is 1. The number of halogens is 1. The Balaban J connectivity index is 0.000000755. The van der Waals surface area contributed by atoms with Crippen LogP contribution >= 0.6 is 0 Å². The highest BCUT2D eigenvalue weighted by Gasteiger charge is 2.34. The molecule has 3 aromatic rings. The van der Waals surface area contributed by atoms with Crippen molar-refractivity contribution in [3.63, 3.8) is 0 Å². The molecule has 4 rings (SSSR count). The van der Waals surface area contributed by atoms with Crippen molar-refractivity contribution >= 4 is 12.4 Å². The van der Waals surface area contributed by atoms with Crippen LogP contribution in [0.2, 0.25) is 0 Å². The average Bonchev–Trinajstić information content (AvgIpc) is 3.11. The topological polar surface area (TPSA) is 88.3 Å². The lowest BCUT2D eigenvalue weighted by Gasteiger charge is -2.31. The lowest BCUT2D eigenvalue weighted by molar-refractivity contribution is -0.136. The van der Waals surface area contributed by atoms with E-state index < -0.39 is 6.04 Å². The van der Waals surface area contributed by atoms with Gasteiger partial charge in [-0.15, -0.1) is 10.2 Å². The Morgan fingerprint density at radius 1 is 1.14 bits per heavy atom. The molecule has 1 aliphatic heterocycles. The van der Waals surface area contributed by atoms with E-state index in [0.29, 0.717) is 30.8 Å². The van der Waals surface area contributed by atoms with E-state index in [1.165, 1.54) is 6.07 Å². The van der Waals surface area contributed by atoms with Crippen LogP contribution < -0.4 is 0 Å². The lowest BCUT2D eigenvalue weighted by Crippen LogP contribution is -2.42. The Kier molecular flexibility index (Phi) is 6.33. The van der Waals surface area contributed by atoms with E-state index in [0.717, 1.165) is 11.4 Å². The van der Waals surface area contributed by atoms with E-state index >= 15 is 0 Å². The van der Waals surface area contributed by atoms with Crippen molar-refractivity contribution in [3.05, 3.63) is 83.2 Å². The molecule has 0 spiro atoms. The van der Waals surface area contributed by atoms with Gasteiger partial charge in [0.2, 0.25) is 5.91 Å². The van der Waals surface area contributed by atoms with Crippen molar-refractivity contribution in [1.82, 2.24) is 19.7 Å². The second kappa shape index (κ2) is 9.09. The molecule has 1 amide bonds. The highest BCUT2D eigenvalue weighted by molar-refractivity contribution is 5.81. The van der Waals surface area contributed by atoms with Gasteiger partial charge in [-0.05, 0) is 17.2 Å². The Hall–Kier alpha value is -3.55. The van der Waals surface area contributed by atoms with Gasteiger partial charge in [0.05, 0.1) is 6.54 Å². The molecule has 0 aliphatic carbocycles. The summed E-state index contributed by atoms with van der Waals surface area (Å²) in [7, 11) is 1.77. The van der Waals surface area contributed by atoms with E-state index in [9.17, 15) is 9.18 Å². The molecular weight excluding hydrogens is 375 g/mol. The normalized spacial score (nSPS) is 15.3. The number of rotatable bonds is 4. The molecule has 29 heavy (non-hydrogen) atoms. The van der Waals surface area contributed by atoms with Crippen molar-refractivity contribution in [2.45, 2.75) is 25.4 Å². The summed E-state index contributed by atoms with van der Waals surface area (Å²) in [6, 6.07) is 16.1. The van der Waals surface area contributed by atoms with Crippen LogP contribution in [-0.4, -0.2) is 44.2 Å². The number of hydrogen-bond acceptors (Lipinski definition) is 4. The molecule has 0 saturated carbocycles. The van der Waals surface area contributed by atoms with Crippen molar-refractivity contribution in [1.29, 1.82) is 0 Å². The summed E-state index contributed by atoms with van der Waals surface area (Å²) in [5.74, 6) is 1.10. The number of carboxylic acid groups (broad SMARTS) is 1. The van der Waals surface area contributed by atoms with Gasteiger partial charge in [0, 0.05) is 19.9 Å². The summed E-state index contributed by atoms with van der Waals surface area (Å²) < 4.78 is 16.0. The highest BCUT2D eigenvalue weighted by atomic mass is 19.1. The zero-order chi connectivity index (χ0) is 20.8. The first-order chi connectivity index (χ1) is 14.0. The van der Waals surface area contributed by atoms with Gasteiger partial charge in [0.15, 0.2) is 5.82 Å². The van der Waals surface area contributed by atoms with Crippen molar-refractivity contribution in [3.8, 4) is 0 Å². The number of fused-ring (bicyclic) bond motifs is 1. The Bertz CT molecular complexity index is 991. The van der Waals surface area contributed by atoms with E-state index in [-0.39, 0.29) is 18.2 Å². The predicted molar refractivity (Wildman–Crippen MR) is 104 cm³/mol. The van der Waals surface area contributed by atoms with Crippen LogP contribution in [0.25, 0.3) is 0 Å². The quantitative estimate of drug-likeness (QED) is 0.685. The van der Waals surface area contributed by atoms with Gasteiger partial charge >= 0.3 is 0 Å².